The van der Waals surface area contributed by atoms with Gasteiger partial charge >= 0.3 is 0 Å². The molecule has 0 saturated carbocycles. The van der Waals surface area contributed by atoms with Crippen LogP contribution in [0.2, 0.25) is 5.02 Å². The average Bonchev–Trinajstić information content (AvgIpc) is 2.77. The Morgan fingerprint density at radius 3 is 2.39 bits per heavy atom. The van der Waals surface area contributed by atoms with Gasteiger partial charge in [0.25, 0.3) is 0 Å². The summed E-state index contributed by atoms with van der Waals surface area (Å²) >= 11 is 6.74. The van der Waals surface area contributed by atoms with Gasteiger partial charge in [-0.3, -0.25) is 4.98 Å². The third-order valence-electron chi connectivity index (χ3n) is 6.68. The minimum absolute atomic E-state index is 0.378. The first kappa shape index (κ1) is 23.7. The molecule has 168 valence electrons. The monoisotopic (exact) mass is 439 g/mol. The van der Waals surface area contributed by atoms with Crippen LogP contribution < -0.4 is 0 Å². The molecule has 2 heterocycles. The zero-order valence-corrected chi connectivity index (χ0v) is 20.7. The predicted octanol–water partition coefficient (Wildman–Crippen LogP) is 7.08. The molecule has 1 aliphatic rings. The van der Waals surface area contributed by atoms with E-state index < -0.39 is 0 Å². The average molecular weight is 440 g/mol. The lowest BCUT2D eigenvalue weighted by Crippen LogP contribution is -2.54. The van der Waals surface area contributed by atoms with E-state index in [2.05, 4.69) is 75.8 Å². The fourth-order valence-corrected chi connectivity index (χ4v) is 5.18. The van der Waals surface area contributed by atoms with Gasteiger partial charge in [0.1, 0.15) is 0 Å². The van der Waals surface area contributed by atoms with Crippen molar-refractivity contribution in [1.82, 2.24) is 14.8 Å². The number of fused-ring (bicyclic) bond motifs is 1. The van der Waals surface area contributed by atoms with E-state index in [1.807, 2.05) is 0 Å². The highest BCUT2D eigenvalue weighted by atomic mass is 35.5. The van der Waals surface area contributed by atoms with Crippen LogP contribution in [0.3, 0.4) is 0 Å². The molecule has 3 nitrogen and oxygen atoms in total. The van der Waals surface area contributed by atoms with Crippen molar-refractivity contribution in [3.8, 4) is 0 Å². The third-order valence-corrected chi connectivity index (χ3v) is 7.11. The van der Waals surface area contributed by atoms with Gasteiger partial charge in [0, 0.05) is 47.6 Å². The number of aryl methyl sites for hydroxylation is 1. The lowest BCUT2D eigenvalue weighted by molar-refractivity contribution is 0.106. The molecule has 1 aromatic carbocycles. The smallest absolute Gasteiger partial charge is 0.0727 e. The van der Waals surface area contributed by atoms with E-state index in [1.165, 1.54) is 24.1 Å². The Morgan fingerprint density at radius 1 is 1.06 bits per heavy atom. The highest BCUT2D eigenvalue weighted by molar-refractivity contribution is 6.36. The first-order valence-corrected chi connectivity index (χ1v) is 12.2. The zero-order valence-electron chi connectivity index (χ0n) is 20.0. The standard InChI is InChI=1S/C27H38ClN3/c1-8-11-12-18(4)30-16-20(6)31(17-19(30)5)21(7)22-13-14-24-26(15-22)29-25(10-3)23(9-2)27(24)28/h13-15,19-20H,4,7-12,16-17H2,1-3,5-6H3. The summed E-state index contributed by atoms with van der Waals surface area (Å²) in [6.45, 7) is 21.9. The summed E-state index contributed by atoms with van der Waals surface area (Å²) in [5.41, 5.74) is 6.70. The Hall–Kier alpha value is -2.00. The molecule has 1 saturated heterocycles. The SMILES string of the molecule is C=C(CCCC)N1CC(C)N(C(=C)c2ccc3c(Cl)c(CC)c(CC)nc3c2)CC1C. The summed E-state index contributed by atoms with van der Waals surface area (Å²) in [5.74, 6) is 0. The van der Waals surface area contributed by atoms with Gasteiger partial charge in [0.05, 0.1) is 10.5 Å². The summed E-state index contributed by atoms with van der Waals surface area (Å²) < 4.78 is 0. The maximum atomic E-state index is 6.74. The van der Waals surface area contributed by atoms with Crippen LogP contribution in [0.5, 0.6) is 0 Å². The van der Waals surface area contributed by atoms with Crippen LogP contribution in [0, 0.1) is 0 Å². The van der Waals surface area contributed by atoms with E-state index in [0.29, 0.717) is 12.1 Å². The van der Waals surface area contributed by atoms with Crippen LogP contribution in [-0.4, -0.2) is 40.0 Å². The second-order valence-electron chi connectivity index (χ2n) is 8.91. The fourth-order valence-electron chi connectivity index (χ4n) is 4.78. The number of benzene rings is 1. The lowest BCUT2D eigenvalue weighted by atomic mass is 10.0. The molecule has 0 bridgehead atoms. The van der Waals surface area contributed by atoms with E-state index in [-0.39, 0.29) is 0 Å². The summed E-state index contributed by atoms with van der Waals surface area (Å²) in [4.78, 5) is 9.88. The molecule has 4 heteroatoms. The molecular weight excluding hydrogens is 402 g/mol. The number of rotatable bonds is 8. The molecule has 2 atom stereocenters. The zero-order chi connectivity index (χ0) is 22.7. The number of pyridine rings is 1. The minimum Gasteiger partial charge on any atom is -0.369 e. The molecule has 2 unspecified atom stereocenters. The van der Waals surface area contributed by atoms with Crippen LogP contribution in [-0.2, 0) is 12.8 Å². The quantitative estimate of drug-likeness (QED) is 0.437. The molecule has 0 radical (unpaired) electrons. The van der Waals surface area contributed by atoms with E-state index in [9.17, 15) is 0 Å². The van der Waals surface area contributed by atoms with Gasteiger partial charge in [-0.1, -0.05) is 64.1 Å². The van der Waals surface area contributed by atoms with Gasteiger partial charge in [-0.25, -0.2) is 0 Å². The summed E-state index contributed by atoms with van der Waals surface area (Å²) in [6, 6.07) is 7.21. The molecule has 0 aliphatic carbocycles. The van der Waals surface area contributed by atoms with Crippen LogP contribution >= 0.6 is 11.6 Å². The van der Waals surface area contributed by atoms with Crippen molar-refractivity contribution in [1.29, 1.82) is 0 Å². The Kier molecular flexibility index (Phi) is 7.69. The maximum Gasteiger partial charge on any atom is 0.0727 e. The number of hydrogen-bond donors (Lipinski definition) is 0. The normalized spacial score (nSPS) is 19.2. The molecule has 0 spiro atoms. The van der Waals surface area contributed by atoms with E-state index in [0.717, 1.165) is 65.2 Å². The van der Waals surface area contributed by atoms with Gasteiger partial charge in [-0.15, -0.1) is 0 Å². The molecule has 31 heavy (non-hydrogen) atoms. The van der Waals surface area contributed by atoms with Gasteiger partial charge < -0.3 is 9.80 Å². The Morgan fingerprint density at radius 2 is 1.74 bits per heavy atom. The van der Waals surface area contributed by atoms with Crippen molar-refractivity contribution < 1.29 is 0 Å². The number of unbranched alkanes of at least 4 members (excludes halogenated alkanes) is 1. The van der Waals surface area contributed by atoms with E-state index >= 15 is 0 Å². The van der Waals surface area contributed by atoms with E-state index in [1.54, 1.807) is 0 Å². The van der Waals surface area contributed by atoms with Gasteiger partial charge in [0.2, 0.25) is 0 Å². The maximum absolute atomic E-state index is 6.74. The summed E-state index contributed by atoms with van der Waals surface area (Å²) in [7, 11) is 0. The second-order valence-corrected chi connectivity index (χ2v) is 9.29. The molecule has 0 N–H and O–H groups in total. The van der Waals surface area contributed by atoms with Gasteiger partial charge in [-0.05, 0) is 56.7 Å². The Balaban J connectivity index is 1.85. The molecular formula is C27H38ClN3. The van der Waals surface area contributed by atoms with Crippen LogP contribution in [0.4, 0.5) is 0 Å². The molecule has 1 aromatic heterocycles. The number of allylic oxidation sites excluding steroid dienone is 1. The highest BCUT2D eigenvalue weighted by Gasteiger charge is 2.30. The Labute approximate surface area is 193 Å². The van der Waals surface area contributed by atoms with Crippen molar-refractivity contribution in [2.24, 2.45) is 0 Å². The number of piperazine rings is 1. The first-order valence-electron chi connectivity index (χ1n) is 11.8. The molecule has 1 fully saturated rings. The summed E-state index contributed by atoms with van der Waals surface area (Å²) in [5, 5.41) is 1.88. The van der Waals surface area contributed by atoms with Crippen molar-refractivity contribution in [3.05, 3.63) is 58.9 Å². The fraction of sp³-hybridized carbons (Fsp3) is 0.519. The third kappa shape index (κ3) is 4.77. The number of aromatic nitrogens is 1. The highest BCUT2D eigenvalue weighted by Crippen LogP contribution is 2.33. The lowest BCUT2D eigenvalue weighted by Gasteiger charge is -2.47. The molecule has 0 amide bonds. The van der Waals surface area contributed by atoms with Gasteiger partial charge in [0.15, 0.2) is 0 Å². The first-order chi connectivity index (χ1) is 14.8. The Bertz CT molecular complexity index is 965. The van der Waals surface area contributed by atoms with Crippen molar-refractivity contribution in [2.75, 3.05) is 13.1 Å². The number of halogens is 1. The predicted molar refractivity (Wildman–Crippen MR) is 136 cm³/mol. The summed E-state index contributed by atoms with van der Waals surface area (Å²) in [6.07, 6.45) is 5.30. The largest absolute Gasteiger partial charge is 0.369 e. The van der Waals surface area contributed by atoms with Crippen LogP contribution in [0.25, 0.3) is 16.6 Å². The molecule has 1 aliphatic heterocycles. The topological polar surface area (TPSA) is 19.4 Å². The van der Waals surface area contributed by atoms with Crippen molar-refractivity contribution in [3.63, 3.8) is 0 Å². The van der Waals surface area contributed by atoms with Crippen molar-refractivity contribution >= 4 is 28.2 Å². The minimum atomic E-state index is 0.378. The second kappa shape index (κ2) is 10.1. The molecule has 2 aromatic rings. The van der Waals surface area contributed by atoms with E-state index in [4.69, 9.17) is 16.6 Å². The molecule has 3 rings (SSSR count). The van der Waals surface area contributed by atoms with Crippen molar-refractivity contribution in [2.45, 2.75) is 78.8 Å². The van der Waals surface area contributed by atoms with Gasteiger partial charge in [-0.2, -0.15) is 0 Å². The van der Waals surface area contributed by atoms with Crippen LogP contribution in [0.1, 0.15) is 70.7 Å². The number of nitrogens with zero attached hydrogens (tertiary/aromatic N) is 3. The number of hydrogen-bond acceptors (Lipinski definition) is 3. The van der Waals surface area contributed by atoms with Crippen LogP contribution in [0.15, 0.2) is 37.1 Å².